The number of nitrogens with one attached hydrogen (secondary N) is 2. The van der Waals surface area contributed by atoms with E-state index in [2.05, 4.69) is 10.4 Å². The number of aromatic amines is 1. The lowest BCUT2D eigenvalue weighted by atomic mass is 10.1. The number of benzene rings is 1. The van der Waals surface area contributed by atoms with E-state index in [4.69, 9.17) is 0 Å². The molecule has 0 aliphatic rings. The SMILES string of the molecule is CNCCc1c(-c2ccccc2)[nH]n(C)c1=O. The van der Waals surface area contributed by atoms with Crippen molar-refractivity contribution in [1.29, 1.82) is 0 Å². The van der Waals surface area contributed by atoms with Crippen LogP contribution in [-0.4, -0.2) is 23.4 Å². The minimum atomic E-state index is 0.0547. The van der Waals surface area contributed by atoms with Crippen molar-refractivity contribution in [3.63, 3.8) is 0 Å². The van der Waals surface area contributed by atoms with E-state index >= 15 is 0 Å². The Bertz CT molecular complexity index is 540. The minimum absolute atomic E-state index is 0.0547. The largest absolute Gasteiger partial charge is 0.319 e. The second-order valence-electron chi connectivity index (χ2n) is 4.05. The normalized spacial score (nSPS) is 10.7. The van der Waals surface area contributed by atoms with Gasteiger partial charge in [0.05, 0.1) is 5.69 Å². The van der Waals surface area contributed by atoms with Gasteiger partial charge in [0, 0.05) is 12.6 Å². The van der Waals surface area contributed by atoms with Crippen LogP contribution in [0.5, 0.6) is 0 Å². The van der Waals surface area contributed by atoms with Gasteiger partial charge in [-0.25, -0.2) is 0 Å². The van der Waals surface area contributed by atoms with Crippen LogP contribution in [0.1, 0.15) is 5.56 Å². The van der Waals surface area contributed by atoms with Crippen molar-refractivity contribution in [3.05, 3.63) is 46.2 Å². The molecule has 17 heavy (non-hydrogen) atoms. The Morgan fingerprint density at radius 1 is 1.29 bits per heavy atom. The first-order valence-corrected chi connectivity index (χ1v) is 5.72. The molecule has 0 bridgehead atoms. The van der Waals surface area contributed by atoms with Gasteiger partial charge < -0.3 is 5.32 Å². The van der Waals surface area contributed by atoms with Crippen LogP contribution in [0.2, 0.25) is 0 Å². The zero-order valence-corrected chi connectivity index (χ0v) is 10.2. The molecule has 0 amide bonds. The van der Waals surface area contributed by atoms with Crippen LogP contribution >= 0.6 is 0 Å². The molecule has 0 radical (unpaired) electrons. The molecular formula is C13H17N3O. The standard InChI is InChI=1S/C13H17N3O/c1-14-9-8-11-12(15-16(2)13(11)17)10-6-4-3-5-7-10/h3-7,14-15H,8-9H2,1-2H3. The molecule has 4 heteroatoms. The van der Waals surface area contributed by atoms with Crippen LogP contribution in [-0.2, 0) is 13.5 Å². The predicted molar refractivity (Wildman–Crippen MR) is 69.1 cm³/mol. The predicted octanol–water partition coefficient (Wildman–Crippen LogP) is 1.14. The number of H-pyrrole nitrogens is 1. The molecule has 2 N–H and O–H groups in total. The van der Waals surface area contributed by atoms with E-state index in [1.807, 2.05) is 37.4 Å². The number of likely N-dealkylation sites (N-methyl/N-ethyl adjacent to an activating group) is 1. The van der Waals surface area contributed by atoms with Crippen molar-refractivity contribution in [2.75, 3.05) is 13.6 Å². The van der Waals surface area contributed by atoms with Crippen molar-refractivity contribution in [3.8, 4) is 11.3 Å². The smallest absolute Gasteiger partial charge is 0.270 e. The highest BCUT2D eigenvalue weighted by molar-refractivity contribution is 5.62. The Morgan fingerprint density at radius 2 is 2.00 bits per heavy atom. The summed E-state index contributed by atoms with van der Waals surface area (Å²) in [4.78, 5) is 12.0. The summed E-state index contributed by atoms with van der Waals surface area (Å²) in [6.45, 7) is 0.799. The molecule has 0 aliphatic heterocycles. The third-order valence-corrected chi connectivity index (χ3v) is 2.83. The molecule has 0 saturated carbocycles. The third kappa shape index (κ3) is 2.31. The van der Waals surface area contributed by atoms with Crippen LogP contribution in [0.4, 0.5) is 0 Å². The zero-order chi connectivity index (χ0) is 12.3. The third-order valence-electron chi connectivity index (χ3n) is 2.83. The Balaban J connectivity index is 2.47. The first-order valence-electron chi connectivity index (χ1n) is 5.72. The summed E-state index contributed by atoms with van der Waals surface area (Å²) in [5.74, 6) is 0. The summed E-state index contributed by atoms with van der Waals surface area (Å²) in [6, 6.07) is 9.94. The van der Waals surface area contributed by atoms with Crippen LogP contribution in [0.3, 0.4) is 0 Å². The Hall–Kier alpha value is -1.81. The van der Waals surface area contributed by atoms with Gasteiger partial charge in [0.1, 0.15) is 0 Å². The molecule has 0 fully saturated rings. The first-order chi connectivity index (χ1) is 8.24. The zero-order valence-electron chi connectivity index (χ0n) is 10.2. The van der Waals surface area contributed by atoms with E-state index in [-0.39, 0.29) is 5.56 Å². The fraction of sp³-hybridized carbons (Fsp3) is 0.308. The Kier molecular flexibility index (Phi) is 3.44. The highest BCUT2D eigenvalue weighted by Crippen LogP contribution is 2.18. The summed E-state index contributed by atoms with van der Waals surface area (Å²) in [7, 11) is 3.64. The van der Waals surface area contributed by atoms with Gasteiger partial charge in [0.2, 0.25) is 0 Å². The summed E-state index contributed by atoms with van der Waals surface area (Å²) in [6.07, 6.45) is 0.733. The van der Waals surface area contributed by atoms with Crippen molar-refractivity contribution < 1.29 is 0 Å². The topological polar surface area (TPSA) is 49.8 Å². The molecule has 1 aromatic heterocycles. The van der Waals surface area contributed by atoms with Gasteiger partial charge in [-0.05, 0) is 25.6 Å². The number of rotatable bonds is 4. The van der Waals surface area contributed by atoms with Gasteiger partial charge in [-0.15, -0.1) is 0 Å². The summed E-state index contributed by atoms with van der Waals surface area (Å²) in [5.41, 5.74) is 2.87. The van der Waals surface area contributed by atoms with Crippen molar-refractivity contribution in [2.45, 2.75) is 6.42 Å². The summed E-state index contributed by atoms with van der Waals surface area (Å²) < 4.78 is 1.54. The number of aromatic nitrogens is 2. The van der Waals surface area contributed by atoms with E-state index in [0.717, 1.165) is 29.8 Å². The van der Waals surface area contributed by atoms with Gasteiger partial charge >= 0.3 is 0 Å². The highest BCUT2D eigenvalue weighted by Gasteiger charge is 2.12. The highest BCUT2D eigenvalue weighted by atomic mass is 16.1. The molecule has 2 aromatic rings. The molecule has 0 spiro atoms. The maximum absolute atomic E-state index is 12.0. The molecule has 0 saturated heterocycles. The lowest BCUT2D eigenvalue weighted by Gasteiger charge is -2.01. The molecule has 0 atom stereocenters. The average Bonchev–Trinajstić information content (AvgIpc) is 2.65. The first kappa shape index (κ1) is 11.7. The Labute approximate surface area is 100 Å². The molecule has 0 unspecified atom stereocenters. The second kappa shape index (κ2) is 5.01. The monoisotopic (exact) mass is 231 g/mol. The lowest BCUT2D eigenvalue weighted by molar-refractivity contribution is 0.734. The second-order valence-corrected chi connectivity index (χ2v) is 4.05. The fourth-order valence-electron chi connectivity index (χ4n) is 1.92. The van der Waals surface area contributed by atoms with E-state index < -0.39 is 0 Å². The lowest BCUT2D eigenvalue weighted by Crippen LogP contribution is -2.19. The molecule has 90 valence electrons. The van der Waals surface area contributed by atoms with E-state index in [0.29, 0.717) is 0 Å². The van der Waals surface area contributed by atoms with E-state index in [1.165, 1.54) is 4.68 Å². The van der Waals surface area contributed by atoms with Gasteiger partial charge in [0.25, 0.3) is 5.56 Å². The van der Waals surface area contributed by atoms with Gasteiger partial charge in [-0.2, -0.15) is 0 Å². The van der Waals surface area contributed by atoms with Gasteiger partial charge in [-0.1, -0.05) is 30.3 Å². The van der Waals surface area contributed by atoms with Gasteiger partial charge in [-0.3, -0.25) is 14.6 Å². The van der Waals surface area contributed by atoms with Crippen LogP contribution in [0.25, 0.3) is 11.3 Å². The average molecular weight is 231 g/mol. The van der Waals surface area contributed by atoms with Gasteiger partial charge in [0.15, 0.2) is 0 Å². The number of aryl methyl sites for hydroxylation is 1. The number of hydrogen-bond acceptors (Lipinski definition) is 2. The summed E-state index contributed by atoms with van der Waals surface area (Å²) >= 11 is 0. The molecule has 1 aromatic carbocycles. The maximum atomic E-state index is 12.0. The van der Waals surface area contributed by atoms with E-state index in [1.54, 1.807) is 7.05 Å². The molecule has 4 nitrogen and oxygen atoms in total. The molecular weight excluding hydrogens is 214 g/mol. The van der Waals surface area contributed by atoms with Crippen molar-refractivity contribution >= 4 is 0 Å². The summed E-state index contributed by atoms with van der Waals surface area (Å²) in [5, 5.41) is 6.18. The van der Waals surface area contributed by atoms with Crippen LogP contribution in [0, 0.1) is 0 Å². The van der Waals surface area contributed by atoms with Crippen molar-refractivity contribution in [1.82, 2.24) is 15.1 Å². The number of hydrogen-bond donors (Lipinski definition) is 2. The molecule has 1 heterocycles. The van der Waals surface area contributed by atoms with Crippen molar-refractivity contribution in [2.24, 2.45) is 7.05 Å². The van der Waals surface area contributed by atoms with Crippen LogP contribution in [0.15, 0.2) is 35.1 Å². The Morgan fingerprint density at radius 3 is 2.65 bits per heavy atom. The van der Waals surface area contributed by atoms with E-state index in [9.17, 15) is 4.79 Å². The number of nitrogens with zero attached hydrogens (tertiary/aromatic N) is 1. The quantitative estimate of drug-likeness (QED) is 0.829. The molecule has 0 aliphatic carbocycles. The van der Waals surface area contributed by atoms with Crippen LogP contribution < -0.4 is 10.9 Å². The minimum Gasteiger partial charge on any atom is -0.319 e. The molecule has 2 rings (SSSR count). The maximum Gasteiger partial charge on any atom is 0.270 e. The fourth-order valence-corrected chi connectivity index (χ4v) is 1.92.